The number of nitrogens with zero attached hydrogens (tertiary/aromatic N) is 1. The Kier molecular flexibility index (Phi) is 6.62. The highest BCUT2D eigenvalue weighted by Gasteiger charge is 2.24. The van der Waals surface area contributed by atoms with Crippen LogP contribution in [0.4, 0.5) is 10.1 Å². The van der Waals surface area contributed by atoms with Crippen LogP contribution in [0.5, 0.6) is 0 Å². The Morgan fingerprint density at radius 2 is 1.78 bits per heavy atom. The van der Waals surface area contributed by atoms with Crippen molar-refractivity contribution in [1.29, 1.82) is 0 Å². The van der Waals surface area contributed by atoms with E-state index in [9.17, 15) is 17.6 Å². The number of halogens is 2. The van der Waals surface area contributed by atoms with Crippen LogP contribution in [0.15, 0.2) is 35.2 Å². The van der Waals surface area contributed by atoms with E-state index in [1.807, 2.05) is 0 Å². The minimum absolute atomic E-state index is 0.0844. The summed E-state index contributed by atoms with van der Waals surface area (Å²) in [6.07, 6.45) is 0. The number of carbonyl (C=O) groups is 1. The maximum absolute atomic E-state index is 14.0. The largest absolute Gasteiger partial charge is 0.322 e. The van der Waals surface area contributed by atoms with Gasteiger partial charge in [0.15, 0.2) is 0 Å². The number of hydrogen-bond acceptors (Lipinski definition) is 3. The van der Waals surface area contributed by atoms with E-state index in [4.69, 9.17) is 11.6 Å². The molecule has 0 unspecified atom stereocenters. The maximum atomic E-state index is 14.0. The van der Waals surface area contributed by atoms with E-state index in [2.05, 4.69) is 5.32 Å². The minimum atomic E-state index is -3.69. The van der Waals surface area contributed by atoms with Gasteiger partial charge >= 0.3 is 0 Å². The summed E-state index contributed by atoms with van der Waals surface area (Å²) in [7, 11) is -3.69. The molecule has 0 aliphatic rings. The van der Waals surface area contributed by atoms with Crippen molar-refractivity contribution in [3.63, 3.8) is 0 Å². The highest BCUT2D eigenvalue weighted by atomic mass is 35.5. The molecule has 0 saturated heterocycles. The lowest BCUT2D eigenvalue weighted by Crippen LogP contribution is -2.30. The standard InChI is InChI=1S/C19H22ClFN2O3S/c1-5-23(6-2)27(25,26)15-9-12(3)13(4)18(11-15)22-19(24)16-8-7-14(20)10-17(16)21/h7-11H,5-6H2,1-4H3,(H,22,24). The van der Waals surface area contributed by atoms with Crippen LogP contribution in [0.1, 0.15) is 35.3 Å². The number of rotatable bonds is 6. The molecule has 0 fully saturated rings. The van der Waals surface area contributed by atoms with Gasteiger partial charge in [0.25, 0.3) is 5.91 Å². The highest BCUT2D eigenvalue weighted by molar-refractivity contribution is 7.89. The Labute approximate surface area is 164 Å². The number of nitrogens with one attached hydrogen (secondary N) is 1. The van der Waals surface area contributed by atoms with E-state index in [-0.39, 0.29) is 15.5 Å². The molecule has 1 N–H and O–H groups in total. The van der Waals surface area contributed by atoms with Crippen molar-refractivity contribution in [2.75, 3.05) is 18.4 Å². The number of sulfonamides is 1. The summed E-state index contributed by atoms with van der Waals surface area (Å²) in [6.45, 7) is 7.71. The SMILES string of the molecule is CCN(CC)S(=O)(=O)c1cc(C)c(C)c(NC(=O)c2ccc(Cl)cc2F)c1. The second-order valence-corrected chi connectivity index (χ2v) is 8.45. The number of hydrogen-bond donors (Lipinski definition) is 1. The zero-order valence-corrected chi connectivity index (χ0v) is 17.2. The Morgan fingerprint density at radius 3 is 2.33 bits per heavy atom. The summed E-state index contributed by atoms with van der Waals surface area (Å²) in [5.74, 6) is -1.43. The molecular formula is C19H22ClFN2O3S. The molecule has 0 saturated carbocycles. The Balaban J connectivity index is 2.46. The van der Waals surface area contributed by atoms with Crippen LogP contribution < -0.4 is 5.32 Å². The monoisotopic (exact) mass is 412 g/mol. The zero-order chi connectivity index (χ0) is 20.4. The topological polar surface area (TPSA) is 66.5 Å². The molecular weight excluding hydrogens is 391 g/mol. The molecule has 1 amide bonds. The van der Waals surface area contributed by atoms with E-state index < -0.39 is 21.7 Å². The predicted octanol–water partition coefficient (Wildman–Crippen LogP) is 4.38. The van der Waals surface area contributed by atoms with Crippen LogP contribution in [0, 0.1) is 19.7 Å². The van der Waals surface area contributed by atoms with Crippen molar-refractivity contribution >= 4 is 33.2 Å². The van der Waals surface area contributed by atoms with Crippen LogP contribution in [-0.2, 0) is 10.0 Å². The van der Waals surface area contributed by atoms with Crippen LogP contribution in [0.2, 0.25) is 5.02 Å². The van der Waals surface area contributed by atoms with E-state index in [0.717, 1.165) is 6.07 Å². The molecule has 2 rings (SSSR count). The Morgan fingerprint density at radius 1 is 1.15 bits per heavy atom. The van der Waals surface area contributed by atoms with E-state index in [1.165, 1.54) is 22.5 Å². The first-order chi connectivity index (χ1) is 12.6. The number of amides is 1. The number of benzene rings is 2. The second-order valence-electron chi connectivity index (χ2n) is 6.08. The normalized spacial score (nSPS) is 11.7. The lowest BCUT2D eigenvalue weighted by atomic mass is 10.1. The van der Waals surface area contributed by atoms with E-state index in [0.29, 0.717) is 29.9 Å². The summed E-state index contributed by atoms with van der Waals surface area (Å²) < 4.78 is 40.9. The van der Waals surface area contributed by atoms with Crippen LogP contribution in [0.25, 0.3) is 0 Å². The van der Waals surface area contributed by atoms with Crippen LogP contribution >= 0.6 is 11.6 Å². The van der Waals surface area contributed by atoms with Gasteiger partial charge in [-0.15, -0.1) is 0 Å². The number of aryl methyl sites for hydroxylation is 1. The molecule has 0 aliphatic heterocycles. The van der Waals surface area contributed by atoms with Gasteiger partial charge in [-0.3, -0.25) is 4.79 Å². The average molecular weight is 413 g/mol. The van der Waals surface area contributed by atoms with Gasteiger partial charge in [0, 0.05) is 23.8 Å². The van der Waals surface area contributed by atoms with Crippen molar-refractivity contribution in [1.82, 2.24) is 4.31 Å². The van der Waals surface area contributed by atoms with Gasteiger partial charge in [-0.25, -0.2) is 12.8 Å². The average Bonchev–Trinajstić information content (AvgIpc) is 2.59. The fraction of sp³-hybridized carbons (Fsp3) is 0.316. The molecule has 0 atom stereocenters. The summed E-state index contributed by atoms with van der Waals surface area (Å²) >= 11 is 5.71. The quantitative estimate of drug-likeness (QED) is 0.765. The summed E-state index contributed by atoms with van der Waals surface area (Å²) in [6, 6.07) is 6.73. The highest BCUT2D eigenvalue weighted by Crippen LogP contribution is 2.27. The van der Waals surface area contributed by atoms with Gasteiger partial charge in [0.05, 0.1) is 10.5 Å². The third-order valence-electron chi connectivity index (χ3n) is 4.41. The van der Waals surface area contributed by atoms with Crippen LogP contribution in [0.3, 0.4) is 0 Å². The van der Waals surface area contributed by atoms with Gasteiger partial charge < -0.3 is 5.32 Å². The second kappa shape index (κ2) is 8.37. The van der Waals surface area contributed by atoms with Gasteiger partial charge in [-0.2, -0.15) is 4.31 Å². The molecule has 0 spiro atoms. The van der Waals surface area contributed by atoms with Crippen LogP contribution in [-0.4, -0.2) is 31.7 Å². The van der Waals surface area contributed by atoms with E-state index >= 15 is 0 Å². The molecule has 146 valence electrons. The molecule has 2 aromatic rings. The molecule has 0 radical (unpaired) electrons. The molecule has 0 bridgehead atoms. The minimum Gasteiger partial charge on any atom is -0.322 e. The Hall–Kier alpha value is -1.96. The summed E-state index contributed by atoms with van der Waals surface area (Å²) in [5, 5.41) is 2.79. The third kappa shape index (κ3) is 4.48. The Bertz CT molecular complexity index is 973. The zero-order valence-electron chi connectivity index (χ0n) is 15.6. The van der Waals surface area contributed by atoms with Crippen molar-refractivity contribution in [3.8, 4) is 0 Å². The van der Waals surface area contributed by atoms with Crippen molar-refractivity contribution < 1.29 is 17.6 Å². The fourth-order valence-corrected chi connectivity index (χ4v) is 4.41. The van der Waals surface area contributed by atoms with E-state index in [1.54, 1.807) is 33.8 Å². The molecule has 2 aromatic carbocycles. The lowest BCUT2D eigenvalue weighted by Gasteiger charge is -2.20. The molecule has 8 heteroatoms. The smallest absolute Gasteiger partial charge is 0.258 e. The lowest BCUT2D eigenvalue weighted by molar-refractivity contribution is 0.102. The summed E-state index contributed by atoms with van der Waals surface area (Å²) in [4.78, 5) is 12.5. The molecule has 0 aliphatic carbocycles. The third-order valence-corrected chi connectivity index (χ3v) is 6.67. The molecule has 0 heterocycles. The fourth-order valence-electron chi connectivity index (χ4n) is 2.68. The van der Waals surface area contributed by atoms with Crippen molar-refractivity contribution in [2.24, 2.45) is 0 Å². The number of anilines is 1. The van der Waals surface area contributed by atoms with Gasteiger partial charge in [-0.1, -0.05) is 25.4 Å². The number of carbonyl (C=O) groups excluding carboxylic acids is 1. The predicted molar refractivity (Wildman–Crippen MR) is 105 cm³/mol. The maximum Gasteiger partial charge on any atom is 0.258 e. The van der Waals surface area contributed by atoms with Gasteiger partial charge in [-0.05, 0) is 55.3 Å². The van der Waals surface area contributed by atoms with Gasteiger partial charge in [0.2, 0.25) is 10.0 Å². The molecule has 0 aromatic heterocycles. The first kappa shape index (κ1) is 21.3. The molecule has 27 heavy (non-hydrogen) atoms. The van der Waals surface area contributed by atoms with Gasteiger partial charge in [0.1, 0.15) is 5.82 Å². The first-order valence-corrected chi connectivity index (χ1v) is 10.3. The summed E-state index contributed by atoms with van der Waals surface area (Å²) in [5.41, 5.74) is 1.56. The first-order valence-electron chi connectivity index (χ1n) is 8.49. The van der Waals surface area contributed by atoms with Crippen molar-refractivity contribution in [2.45, 2.75) is 32.6 Å². The molecule has 5 nitrogen and oxygen atoms in total. The van der Waals surface area contributed by atoms with Crippen molar-refractivity contribution in [3.05, 3.63) is 57.9 Å².